The number of aromatic nitrogens is 1. The molecule has 10 nitrogen and oxygen atoms in total. The number of hydrogen-bond acceptors (Lipinski definition) is 7. The Hall–Kier alpha value is -4.19. The van der Waals surface area contributed by atoms with Crippen molar-refractivity contribution < 1.29 is 33.0 Å². The highest BCUT2D eigenvalue weighted by Crippen LogP contribution is 2.35. The smallest absolute Gasteiger partial charge is 0.257 e. The van der Waals surface area contributed by atoms with Gasteiger partial charge >= 0.3 is 0 Å². The molecule has 39 heavy (non-hydrogen) atoms. The summed E-state index contributed by atoms with van der Waals surface area (Å²) in [5, 5.41) is 12.2. The molecule has 2 atom stereocenters. The van der Waals surface area contributed by atoms with Gasteiger partial charge in [-0.05, 0) is 25.1 Å². The van der Waals surface area contributed by atoms with Gasteiger partial charge in [-0.1, -0.05) is 12.1 Å². The maximum atomic E-state index is 14.3. The number of para-hydroxylation sites is 2. The van der Waals surface area contributed by atoms with Crippen molar-refractivity contribution >= 4 is 28.4 Å². The molecule has 2 aliphatic heterocycles. The highest BCUT2D eigenvalue weighted by Gasteiger charge is 2.32. The molecular weight excluding hydrogens is 514 g/mol. The molecule has 2 amide bonds. The number of halogens is 2. The molecule has 0 aliphatic carbocycles. The van der Waals surface area contributed by atoms with E-state index >= 15 is 0 Å². The Morgan fingerprint density at radius 3 is 2.62 bits per heavy atom. The van der Waals surface area contributed by atoms with E-state index < -0.39 is 41.5 Å². The molecule has 3 heterocycles. The Balaban J connectivity index is 1.35. The Bertz CT molecular complexity index is 1500. The topological polar surface area (TPSA) is 113 Å². The summed E-state index contributed by atoms with van der Waals surface area (Å²) in [5.74, 6) is -3.56. The summed E-state index contributed by atoms with van der Waals surface area (Å²) in [4.78, 5) is 43.1. The summed E-state index contributed by atoms with van der Waals surface area (Å²) in [6.07, 6.45) is 1.25. The van der Waals surface area contributed by atoms with Crippen LogP contribution in [0.4, 0.5) is 14.5 Å². The minimum absolute atomic E-state index is 0.00495. The van der Waals surface area contributed by atoms with Crippen LogP contribution in [0.3, 0.4) is 0 Å². The van der Waals surface area contributed by atoms with E-state index in [2.05, 4.69) is 10.2 Å². The second kappa shape index (κ2) is 10.5. The number of pyridine rings is 1. The zero-order chi connectivity index (χ0) is 27.8. The van der Waals surface area contributed by atoms with Crippen LogP contribution in [0.1, 0.15) is 23.3 Å². The molecule has 12 heteroatoms. The number of rotatable bonds is 6. The number of carbonyl (C=O) groups is 2. The molecule has 0 saturated carbocycles. The van der Waals surface area contributed by atoms with Gasteiger partial charge in [0.05, 0.1) is 36.3 Å². The Morgan fingerprint density at radius 2 is 1.92 bits per heavy atom. The fourth-order valence-corrected chi connectivity index (χ4v) is 5.06. The number of amides is 2. The first-order chi connectivity index (χ1) is 18.7. The zero-order valence-electron chi connectivity index (χ0n) is 21.4. The van der Waals surface area contributed by atoms with Gasteiger partial charge in [-0.2, -0.15) is 4.39 Å². The lowest BCUT2D eigenvalue weighted by atomic mass is 10.1. The number of piperazine rings is 1. The van der Waals surface area contributed by atoms with Crippen LogP contribution in [-0.2, 0) is 4.79 Å². The first-order valence-corrected chi connectivity index (χ1v) is 12.5. The number of methoxy groups -OCH3 is 1. The van der Waals surface area contributed by atoms with E-state index in [4.69, 9.17) is 9.47 Å². The van der Waals surface area contributed by atoms with Crippen LogP contribution in [0.2, 0.25) is 0 Å². The molecule has 2 aliphatic rings. The summed E-state index contributed by atoms with van der Waals surface area (Å²) in [5.41, 5.74) is -0.248. The second-order valence-electron chi connectivity index (χ2n) is 9.53. The third kappa shape index (κ3) is 4.65. The standard InChI is InChI=1S/C27H28F2N4O6/c1-15-14-39-25-22(29)18(28)11-16-23(25)33(15)12-17(24(16)35)26(36)30-19(13-34)27(37)32-9-7-31(8-10-32)20-5-3-4-6-21(20)38-2/h3-6,11-12,15,19,34H,7-10,13-14H2,1-2H3,(H,30,36)/t15?,19-/m0/s1. The quantitative estimate of drug-likeness (QED) is 0.487. The largest absolute Gasteiger partial charge is 0.495 e. The first kappa shape index (κ1) is 26.4. The molecule has 1 aromatic heterocycles. The number of benzene rings is 2. The maximum Gasteiger partial charge on any atom is 0.257 e. The van der Waals surface area contributed by atoms with Crippen LogP contribution < -0.4 is 25.1 Å². The Morgan fingerprint density at radius 1 is 1.21 bits per heavy atom. The van der Waals surface area contributed by atoms with Gasteiger partial charge in [0.25, 0.3) is 5.91 Å². The molecule has 5 rings (SSSR count). The predicted octanol–water partition coefficient (Wildman–Crippen LogP) is 1.68. The number of anilines is 1. The van der Waals surface area contributed by atoms with Crippen LogP contribution in [-0.4, -0.2) is 78.9 Å². The number of nitrogens with one attached hydrogen (secondary N) is 1. The fourth-order valence-electron chi connectivity index (χ4n) is 5.06. The number of carbonyl (C=O) groups excluding carboxylic acids is 2. The van der Waals surface area contributed by atoms with Gasteiger partial charge in [-0.15, -0.1) is 0 Å². The number of nitrogens with zero attached hydrogens (tertiary/aromatic N) is 3. The van der Waals surface area contributed by atoms with Crippen molar-refractivity contribution in [1.29, 1.82) is 0 Å². The number of ether oxygens (including phenoxy) is 2. The summed E-state index contributed by atoms with van der Waals surface area (Å²) >= 11 is 0. The van der Waals surface area contributed by atoms with Crippen molar-refractivity contribution in [3.63, 3.8) is 0 Å². The Labute approximate surface area is 222 Å². The lowest BCUT2D eigenvalue weighted by Gasteiger charge is -2.37. The van der Waals surface area contributed by atoms with Crippen LogP contribution in [0.5, 0.6) is 11.5 Å². The predicted molar refractivity (Wildman–Crippen MR) is 138 cm³/mol. The zero-order valence-corrected chi connectivity index (χ0v) is 21.4. The van der Waals surface area contributed by atoms with E-state index in [0.717, 1.165) is 11.8 Å². The van der Waals surface area contributed by atoms with Crippen molar-refractivity contribution in [2.45, 2.75) is 19.0 Å². The van der Waals surface area contributed by atoms with Gasteiger partial charge in [0.15, 0.2) is 11.6 Å². The van der Waals surface area contributed by atoms with Crippen LogP contribution in [0.25, 0.3) is 10.9 Å². The fraction of sp³-hybridized carbons (Fsp3) is 0.370. The van der Waals surface area contributed by atoms with Gasteiger partial charge in [0, 0.05) is 32.4 Å². The van der Waals surface area contributed by atoms with Gasteiger partial charge < -0.3 is 34.3 Å². The summed E-state index contributed by atoms with van der Waals surface area (Å²) in [6.45, 7) is 2.77. The molecule has 1 unspecified atom stereocenters. The lowest BCUT2D eigenvalue weighted by Crippen LogP contribution is -2.56. The summed E-state index contributed by atoms with van der Waals surface area (Å²) in [7, 11) is 1.59. The monoisotopic (exact) mass is 542 g/mol. The van der Waals surface area contributed by atoms with E-state index in [9.17, 15) is 28.3 Å². The van der Waals surface area contributed by atoms with E-state index in [1.54, 1.807) is 14.0 Å². The molecule has 0 radical (unpaired) electrons. The van der Waals surface area contributed by atoms with Gasteiger partial charge in [0.1, 0.15) is 24.0 Å². The Kier molecular flexibility index (Phi) is 7.13. The molecule has 0 spiro atoms. The molecule has 0 bridgehead atoms. The van der Waals surface area contributed by atoms with Crippen molar-refractivity contribution in [1.82, 2.24) is 14.8 Å². The SMILES string of the molecule is COc1ccccc1N1CCN(C(=O)[C@H](CO)NC(=O)c2cn3c4c(c(F)c(F)cc4c2=O)OCC3C)CC1. The van der Waals surface area contributed by atoms with E-state index in [0.29, 0.717) is 31.9 Å². The van der Waals surface area contributed by atoms with E-state index in [-0.39, 0.29) is 34.9 Å². The van der Waals surface area contributed by atoms with Crippen LogP contribution in [0.15, 0.2) is 41.3 Å². The van der Waals surface area contributed by atoms with Crippen LogP contribution in [0, 0.1) is 11.6 Å². The molecular formula is C27H28F2N4O6. The van der Waals surface area contributed by atoms with Crippen molar-refractivity contribution in [2.24, 2.45) is 0 Å². The van der Waals surface area contributed by atoms with Gasteiger partial charge in [-0.3, -0.25) is 14.4 Å². The molecule has 2 aromatic carbocycles. The lowest BCUT2D eigenvalue weighted by molar-refractivity contribution is -0.134. The average molecular weight is 543 g/mol. The van der Waals surface area contributed by atoms with Crippen LogP contribution >= 0.6 is 0 Å². The molecule has 206 valence electrons. The second-order valence-corrected chi connectivity index (χ2v) is 9.53. The van der Waals surface area contributed by atoms with Crippen molar-refractivity contribution in [3.05, 3.63) is 63.9 Å². The number of aliphatic hydroxyl groups is 1. The molecule has 1 fully saturated rings. The number of aliphatic hydroxyl groups excluding tert-OH is 1. The number of hydrogen-bond donors (Lipinski definition) is 2. The van der Waals surface area contributed by atoms with E-state index in [1.165, 1.54) is 15.7 Å². The highest BCUT2D eigenvalue weighted by molar-refractivity contribution is 6.00. The third-order valence-electron chi connectivity index (χ3n) is 7.16. The maximum absolute atomic E-state index is 14.3. The first-order valence-electron chi connectivity index (χ1n) is 12.5. The van der Waals surface area contributed by atoms with Crippen molar-refractivity contribution in [2.75, 3.05) is 51.4 Å². The summed E-state index contributed by atoms with van der Waals surface area (Å²) in [6, 6.07) is 6.61. The van der Waals surface area contributed by atoms with Gasteiger partial charge in [0.2, 0.25) is 17.2 Å². The highest BCUT2D eigenvalue weighted by atomic mass is 19.2. The molecule has 2 N–H and O–H groups in total. The normalized spacial score (nSPS) is 17.5. The average Bonchev–Trinajstić information content (AvgIpc) is 2.96. The molecule has 1 saturated heterocycles. The van der Waals surface area contributed by atoms with Crippen molar-refractivity contribution in [3.8, 4) is 11.5 Å². The molecule has 3 aromatic rings. The van der Waals surface area contributed by atoms with E-state index in [1.807, 2.05) is 24.3 Å². The van der Waals surface area contributed by atoms with Gasteiger partial charge in [-0.25, -0.2) is 4.39 Å². The third-order valence-corrected chi connectivity index (χ3v) is 7.16. The summed E-state index contributed by atoms with van der Waals surface area (Å²) < 4.78 is 40.8. The minimum Gasteiger partial charge on any atom is -0.495 e. The minimum atomic E-state index is -1.30.